The highest BCUT2D eigenvalue weighted by Crippen LogP contribution is 2.55. The van der Waals surface area contributed by atoms with Gasteiger partial charge in [0.25, 0.3) is 0 Å². The van der Waals surface area contributed by atoms with Gasteiger partial charge in [-0.25, -0.2) is 0 Å². The zero-order chi connectivity index (χ0) is 22.7. The van der Waals surface area contributed by atoms with Gasteiger partial charge in [0.15, 0.2) is 0 Å². The van der Waals surface area contributed by atoms with Crippen LogP contribution in [-0.4, -0.2) is 42.4 Å². The molecule has 1 atom stereocenters. The van der Waals surface area contributed by atoms with E-state index in [0.29, 0.717) is 19.0 Å². The Kier molecular flexibility index (Phi) is 5.60. The second kappa shape index (κ2) is 8.37. The van der Waals surface area contributed by atoms with Crippen molar-refractivity contribution in [1.29, 1.82) is 0 Å². The molecule has 1 aliphatic heterocycles. The lowest BCUT2D eigenvalue weighted by molar-refractivity contribution is -0.126. The summed E-state index contributed by atoms with van der Waals surface area (Å²) in [6, 6.07) is 6.79. The molecule has 1 saturated heterocycles. The van der Waals surface area contributed by atoms with Crippen molar-refractivity contribution in [3.8, 4) is 0 Å². The van der Waals surface area contributed by atoms with Crippen LogP contribution in [0.2, 0.25) is 0 Å². The van der Waals surface area contributed by atoms with Crippen molar-refractivity contribution in [3.05, 3.63) is 33.8 Å². The molecule has 5 fully saturated rings. The average Bonchev–Trinajstić information content (AvgIpc) is 3.05. The topological polar surface area (TPSA) is 75.4 Å². The quantitative estimate of drug-likeness (QED) is 0.622. The van der Waals surface area contributed by atoms with Crippen molar-refractivity contribution in [2.75, 3.05) is 19.6 Å². The van der Waals surface area contributed by atoms with Gasteiger partial charge in [-0.3, -0.25) is 14.5 Å². The average molecular weight is 515 g/mol. The summed E-state index contributed by atoms with van der Waals surface area (Å²) in [5.41, 5.74) is 8.34. The predicted octanol–water partition coefficient (Wildman–Crippen LogP) is 4.09. The first-order valence-corrected chi connectivity index (χ1v) is 13.8. The monoisotopic (exact) mass is 513 g/mol. The third-order valence-corrected chi connectivity index (χ3v) is 10.5. The molecule has 1 heterocycles. The van der Waals surface area contributed by atoms with Gasteiger partial charge in [-0.05, 0) is 117 Å². The Morgan fingerprint density at radius 1 is 1.06 bits per heavy atom. The van der Waals surface area contributed by atoms with Crippen molar-refractivity contribution in [3.63, 3.8) is 0 Å². The second-order valence-corrected chi connectivity index (χ2v) is 12.7. The Bertz CT molecular complexity index is 927. The standard InChI is InChI=1S/C27H36BrN3O2/c28-22-3-1-2-21-20(13-23(29)32)14-27(25(21)22)4-6-31(7-5-27)15-24(33)30-26-18-9-16-8-17(11-18)12-19(26)10-16/h1-3,16-20,26H,4-15H2,(H2,29,32)(H,30,33). The van der Waals surface area contributed by atoms with Crippen LogP contribution in [0, 0.1) is 23.7 Å². The fraction of sp³-hybridized carbons (Fsp3) is 0.704. The largest absolute Gasteiger partial charge is 0.370 e. The van der Waals surface area contributed by atoms with E-state index in [1.54, 1.807) is 0 Å². The molecule has 4 bridgehead atoms. The maximum absolute atomic E-state index is 13.0. The van der Waals surface area contributed by atoms with Crippen LogP contribution in [0.4, 0.5) is 0 Å². The smallest absolute Gasteiger partial charge is 0.234 e. The summed E-state index contributed by atoms with van der Waals surface area (Å²) in [6.07, 6.45) is 10.3. The number of likely N-dealkylation sites (tertiary alicyclic amines) is 1. The maximum Gasteiger partial charge on any atom is 0.234 e. The normalized spacial score (nSPS) is 36.2. The first-order valence-electron chi connectivity index (χ1n) is 13.0. The number of piperidine rings is 1. The number of rotatable bonds is 5. The van der Waals surface area contributed by atoms with Crippen LogP contribution in [0.5, 0.6) is 0 Å². The molecule has 0 radical (unpaired) electrons. The van der Waals surface area contributed by atoms with E-state index < -0.39 is 0 Å². The van der Waals surface area contributed by atoms with Gasteiger partial charge in [0, 0.05) is 16.9 Å². The number of nitrogens with two attached hydrogens (primary N) is 1. The van der Waals surface area contributed by atoms with Crippen molar-refractivity contribution in [2.24, 2.45) is 29.4 Å². The summed E-state index contributed by atoms with van der Waals surface area (Å²) >= 11 is 3.80. The number of nitrogens with one attached hydrogen (secondary N) is 1. The molecule has 33 heavy (non-hydrogen) atoms. The molecule has 6 heteroatoms. The van der Waals surface area contributed by atoms with E-state index in [0.717, 1.165) is 60.5 Å². The number of fused-ring (bicyclic) bond motifs is 2. The van der Waals surface area contributed by atoms with Gasteiger partial charge in [0.2, 0.25) is 11.8 Å². The van der Waals surface area contributed by atoms with Crippen LogP contribution in [0.25, 0.3) is 0 Å². The zero-order valence-electron chi connectivity index (χ0n) is 19.4. The van der Waals surface area contributed by atoms with Crippen LogP contribution in [-0.2, 0) is 15.0 Å². The Morgan fingerprint density at radius 3 is 2.36 bits per heavy atom. The summed E-state index contributed by atoms with van der Waals surface area (Å²) < 4.78 is 1.15. The maximum atomic E-state index is 13.0. The fourth-order valence-electron chi connectivity index (χ4n) is 8.74. The molecule has 1 aromatic carbocycles. The molecule has 3 N–H and O–H groups in total. The van der Waals surface area contributed by atoms with Crippen LogP contribution in [0.1, 0.15) is 74.8 Å². The van der Waals surface area contributed by atoms with E-state index >= 15 is 0 Å². The van der Waals surface area contributed by atoms with Gasteiger partial charge in [0.05, 0.1) is 6.54 Å². The van der Waals surface area contributed by atoms with Crippen LogP contribution >= 0.6 is 15.9 Å². The summed E-state index contributed by atoms with van der Waals surface area (Å²) in [5.74, 6) is 3.54. The number of carbonyl (C=O) groups excluding carboxylic acids is 2. The van der Waals surface area contributed by atoms with Crippen molar-refractivity contribution >= 4 is 27.7 Å². The van der Waals surface area contributed by atoms with E-state index in [9.17, 15) is 9.59 Å². The summed E-state index contributed by atoms with van der Waals surface area (Å²) in [6.45, 7) is 2.38. The fourth-order valence-corrected chi connectivity index (χ4v) is 9.54. The highest BCUT2D eigenvalue weighted by molar-refractivity contribution is 9.10. The van der Waals surface area contributed by atoms with E-state index in [2.05, 4.69) is 44.3 Å². The van der Waals surface area contributed by atoms with Gasteiger partial charge in [-0.2, -0.15) is 0 Å². The molecule has 5 aliphatic carbocycles. The number of amides is 2. The summed E-state index contributed by atoms with van der Waals surface area (Å²) in [4.78, 5) is 27.1. The Balaban J connectivity index is 1.09. The highest BCUT2D eigenvalue weighted by Gasteiger charge is 2.49. The minimum absolute atomic E-state index is 0.0872. The Hall–Kier alpha value is -1.40. The molecule has 1 spiro atoms. The molecule has 0 aromatic heterocycles. The molecule has 1 aromatic rings. The van der Waals surface area contributed by atoms with Crippen molar-refractivity contribution in [1.82, 2.24) is 10.2 Å². The molecule has 6 aliphatic rings. The molecule has 7 rings (SSSR count). The molecule has 2 amide bonds. The molecular weight excluding hydrogens is 478 g/mol. The molecule has 5 nitrogen and oxygen atoms in total. The number of nitrogens with zero attached hydrogens (tertiary/aromatic N) is 1. The summed E-state index contributed by atoms with van der Waals surface area (Å²) in [7, 11) is 0. The van der Waals surface area contributed by atoms with E-state index in [1.807, 2.05) is 0 Å². The Morgan fingerprint density at radius 2 is 1.73 bits per heavy atom. The lowest BCUT2D eigenvalue weighted by Gasteiger charge is -2.54. The lowest BCUT2D eigenvalue weighted by atomic mass is 9.54. The zero-order valence-corrected chi connectivity index (χ0v) is 21.0. The first-order chi connectivity index (χ1) is 15.9. The number of halogens is 1. The second-order valence-electron chi connectivity index (χ2n) is 11.9. The number of carbonyl (C=O) groups is 2. The molecule has 1 unspecified atom stereocenters. The third-order valence-electron chi connectivity index (χ3n) is 9.84. The third kappa shape index (κ3) is 3.95. The number of benzene rings is 1. The summed E-state index contributed by atoms with van der Waals surface area (Å²) in [5, 5.41) is 3.48. The van der Waals surface area contributed by atoms with Gasteiger partial charge in [-0.1, -0.05) is 28.1 Å². The van der Waals surface area contributed by atoms with Crippen LogP contribution in [0.15, 0.2) is 22.7 Å². The van der Waals surface area contributed by atoms with Crippen molar-refractivity contribution in [2.45, 2.75) is 75.2 Å². The van der Waals surface area contributed by atoms with Gasteiger partial charge >= 0.3 is 0 Å². The number of primary amides is 1. The minimum Gasteiger partial charge on any atom is -0.370 e. The predicted molar refractivity (Wildman–Crippen MR) is 132 cm³/mol. The van der Waals surface area contributed by atoms with E-state index in [-0.39, 0.29) is 23.1 Å². The minimum atomic E-state index is -0.220. The van der Waals surface area contributed by atoms with Crippen LogP contribution < -0.4 is 11.1 Å². The number of hydrogen-bond acceptors (Lipinski definition) is 3. The SMILES string of the molecule is NC(=O)CC1CC2(CCN(CC(=O)NC3C4CC5CC(C4)CC3C5)CC2)c2c(Br)cccc21. The molecule has 4 saturated carbocycles. The van der Waals surface area contributed by atoms with Gasteiger partial charge < -0.3 is 11.1 Å². The molecule has 178 valence electrons. The van der Waals surface area contributed by atoms with E-state index in [1.165, 1.54) is 43.2 Å². The Labute approximate surface area is 205 Å². The highest BCUT2D eigenvalue weighted by atomic mass is 79.9. The number of hydrogen-bond donors (Lipinski definition) is 2. The first kappa shape index (κ1) is 22.1. The van der Waals surface area contributed by atoms with Gasteiger partial charge in [0.1, 0.15) is 0 Å². The molecular formula is C27H36BrN3O2. The van der Waals surface area contributed by atoms with E-state index in [4.69, 9.17) is 5.73 Å². The van der Waals surface area contributed by atoms with Gasteiger partial charge in [-0.15, -0.1) is 0 Å². The lowest BCUT2D eigenvalue weighted by Crippen LogP contribution is -2.57. The van der Waals surface area contributed by atoms with Crippen molar-refractivity contribution < 1.29 is 9.59 Å². The van der Waals surface area contributed by atoms with Crippen LogP contribution in [0.3, 0.4) is 0 Å².